The number of carbonyl (C=O) groups is 2. The highest BCUT2D eigenvalue weighted by Gasteiger charge is 2.46. The number of aromatic nitrogens is 5. The zero-order chi connectivity index (χ0) is 52.1. The molecule has 72 heavy (non-hydrogen) atoms. The minimum absolute atomic E-state index is 0.0990. The molecule has 7 rings (SSSR count). The molecule has 24 heteroatoms. The van der Waals surface area contributed by atoms with E-state index in [9.17, 15) is 18.0 Å². The minimum atomic E-state index is -4.98. The van der Waals surface area contributed by atoms with Gasteiger partial charge in [0.1, 0.15) is 33.3 Å². The van der Waals surface area contributed by atoms with E-state index in [0.29, 0.717) is 33.3 Å². The van der Waals surface area contributed by atoms with E-state index in [2.05, 4.69) is 20.6 Å². The average Bonchev–Trinajstić information content (AvgIpc) is 4.08. The van der Waals surface area contributed by atoms with Gasteiger partial charge in [0, 0.05) is 37.9 Å². The Balaban J connectivity index is 1.50. The predicted octanol–water partition coefficient (Wildman–Crippen LogP) is 6.36. The van der Waals surface area contributed by atoms with E-state index in [-0.39, 0.29) is 60.5 Å². The molecule has 0 saturated carbocycles. The van der Waals surface area contributed by atoms with Crippen LogP contribution in [0.25, 0.3) is 21.8 Å². The second-order valence-corrected chi connectivity index (χ2v) is 22.5. The maximum Gasteiger partial charge on any atom is 0.410 e. The Bertz CT molecular complexity index is 3000. The average molecular weight is 1050 g/mol. The van der Waals surface area contributed by atoms with E-state index in [0.717, 1.165) is 21.2 Å². The van der Waals surface area contributed by atoms with Crippen molar-refractivity contribution in [2.75, 3.05) is 44.5 Å². The van der Waals surface area contributed by atoms with Crippen LogP contribution in [0.4, 0.5) is 20.4 Å². The van der Waals surface area contributed by atoms with E-state index < -0.39 is 61.3 Å². The van der Waals surface area contributed by atoms with E-state index >= 15 is 8.42 Å². The number of hydrogen-bond acceptors (Lipinski definition) is 17. The molecule has 21 nitrogen and oxygen atoms in total. The van der Waals surface area contributed by atoms with Gasteiger partial charge < -0.3 is 39.6 Å². The number of thiol groups is 1. The number of hydrogen-bond donors (Lipinski definition) is 3. The van der Waals surface area contributed by atoms with Gasteiger partial charge in [0.2, 0.25) is 26.7 Å². The van der Waals surface area contributed by atoms with Crippen molar-refractivity contribution >= 4 is 55.3 Å². The third kappa shape index (κ3) is 12.7. The predicted molar refractivity (Wildman–Crippen MR) is 271 cm³/mol. The van der Waals surface area contributed by atoms with Crippen LogP contribution in [0.15, 0.2) is 96.0 Å². The summed E-state index contributed by atoms with van der Waals surface area (Å²) in [5, 5.41) is 16.4. The van der Waals surface area contributed by atoms with Crippen LogP contribution >= 0.6 is 11.3 Å². The Morgan fingerprint density at radius 2 is 1.33 bits per heavy atom. The van der Waals surface area contributed by atoms with Crippen molar-refractivity contribution in [1.82, 2.24) is 39.7 Å². The van der Waals surface area contributed by atoms with Crippen molar-refractivity contribution < 1.29 is 50.1 Å². The van der Waals surface area contributed by atoms with Gasteiger partial charge in [0.15, 0.2) is 5.13 Å². The molecular weight excluding hydrogens is 989 g/mol. The second kappa shape index (κ2) is 21.8. The molecule has 1 aliphatic heterocycles. The number of nitrogens with one attached hydrogen (secondary N) is 1. The largest absolute Gasteiger partial charge is 0.497 e. The normalized spacial score (nSPS) is 15.1. The number of benzene rings is 4. The fourth-order valence-electron chi connectivity index (χ4n) is 7.88. The monoisotopic (exact) mass is 1050 g/mol. The smallest absolute Gasteiger partial charge is 0.410 e. The highest BCUT2D eigenvalue weighted by atomic mass is 32.2. The second-order valence-electron chi connectivity index (χ2n) is 18.6. The number of carbonyl (C=O) groups excluding carboxylic acids is 2. The third-order valence-electron chi connectivity index (χ3n) is 11.1. The lowest BCUT2D eigenvalue weighted by molar-refractivity contribution is 0.0281. The number of sulfonamides is 1. The van der Waals surface area contributed by atoms with Crippen molar-refractivity contribution in [2.45, 2.75) is 89.4 Å². The molecule has 0 unspecified atom stereocenters. The molecule has 3 heterocycles. The Hall–Kier alpha value is -7.02. The molecule has 6 aromatic rings. The van der Waals surface area contributed by atoms with Gasteiger partial charge in [-0.3, -0.25) is 4.31 Å². The number of alkyl carbamates (subject to hydrolysis) is 1. The number of nitrogen functional groups attached to an aromatic ring is 1. The standard InChI is InChI=1S/C48H58N10O11S3/c1-47(2,3)68-45(59)51-37-28-55(46(60)69-48(4,5)6)29-39(37)58(71(61)62)38-23-22-36(40-24-50-44(49)70-40)41(43-52-54-57(53-43)27-32-14-20-35(67-9)21-15-32)42(38)72(63,64)56(25-30-10-16-33(65-7)17-11-30)26-31-12-18-34(66-8)19-13-31/h10-24,37,39,71H,25-29H2,1-9H3,(H2,49,50)(H,51,59)/t37-,39-/m0/s1. The highest BCUT2D eigenvalue weighted by molar-refractivity contribution is 7.89. The van der Waals surface area contributed by atoms with Crippen LogP contribution in [0, 0.1) is 0 Å². The van der Waals surface area contributed by atoms with Crippen molar-refractivity contribution in [1.29, 1.82) is 0 Å². The molecule has 1 aliphatic rings. The summed E-state index contributed by atoms with van der Waals surface area (Å²) in [6.07, 6.45) is -0.235. The van der Waals surface area contributed by atoms with Crippen molar-refractivity contribution in [3.63, 3.8) is 0 Å². The first-order valence-electron chi connectivity index (χ1n) is 22.5. The van der Waals surface area contributed by atoms with Gasteiger partial charge >= 0.3 is 12.2 Å². The van der Waals surface area contributed by atoms with E-state index in [1.807, 2.05) is 12.1 Å². The third-order valence-corrected chi connectivity index (χ3v) is 14.7. The summed E-state index contributed by atoms with van der Waals surface area (Å²) in [5.41, 5.74) is 5.91. The molecular formula is C48H58N10O11S3. The zero-order valence-electron chi connectivity index (χ0n) is 41.3. The van der Waals surface area contributed by atoms with Crippen LogP contribution in [0.3, 0.4) is 0 Å². The first kappa shape index (κ1) is 52.8. The van der Waals surface area contributed by atoms with Gasteiger partial charge in [-0.05, 0) is 106 Å². The van der Waals surface area contributed by atoms with Gasteiger partial charge in [-0.1, -0.05) is 53.8 Å². The molecule has 0 aliphatic carbocycles. The number of nitrogens with two attached hydrogens (primary N) is 1. The molecule has 1 fully saturated rings. The van der Waals surface area contributed by atoms with Crippen LogP contribution < -0.4 is 29.6 Å². The summed E-state index contributed by atoms with van der Waals surface area (Å²) < 4.78 is 90.8. The summed E-state index contributed by atoms with van der Waals surface area (Å²) in [5.74, 6) is 1.51. The van der Waals surface area contributed by atoms with Crippen molar-refractivity contribution in [3.05, 3.63) is 108 Å². The lowest BCUT2D eigenvalue weighted by Crippen LogP contribution is -2.52. The fraction of sp³-hybridized carbons (Fsp3) is 0.375. The molecule has 0 spiro atoms. The molecule has 1 saturated heterocycles. The summed E-state index contributed by atoms with van der Waals surface area (Å²) in [6.45, 7) is 9.07. The first-order chi connectivity index (χ1) is 34.0. The van der Waals surface area contributed by atoms with Gasteiger partial charge in [-0.2, -0.15) is 9.10 Å². The lowest BCUT2D eigenvalue weighted by atomic mass is 10.0. The van der Waals surface area contributed by atoms with Gasteiger partial charge in [-0.15, -0.1) is 10.2 Å². The van der Waals surface area contributed by atoms with Crippen LogP contribution in [0.5, 0.6) is 17.2 Å². The Labute approximate surface area is 423 Å². The van der Waals surface area contributed by atoms with Crippen LogP contribution in [0.1, 0.15) is 58.2 Å². The van der Waals surface area contributed by atoms with Gasteiger partial charge in [0.05, 0.1) is 56.1 Å². The lowest BCUT2D eigenvalue weighted by Gasteiger charge is -2.33. The van der Waals surface area contributed by atoms with Gasteiger partial charge in [0.25, 0.3) is 0 Å². The first-order valence-corrected chi connectivity index (χ1v) is 25.9. The number of methoxy groups -OCH3 is 3. The van der Waals surface area contributed by atoms with Crippen LogP contribution in [-0.2, 0) is 50.0 Å². The summed E-state index contributed by atoms with van der Waals surface area (Å²) in [4.78, 5) is 34.0. The number of tetrazole rings is 1. The number of anilines is 2. The molecule has 0 bridgehead atoms. The van der Waals surface area contributed by atoms with E-state index in [4.69, 9.17) is 34.5 Å². The maximum absolute atomic E-state index is 16.4. The molecule has 384 valence electrons. The number of nitrogens with zero attached hydrogens (tertiary/aromatic N) is 8. The van der Waals surface area contributed by atoms with Crippen molar-refractivity contribution in [2.24, 2.45) is 0 Å². The molecule has 0 radical (unpaired) electrons. The summed E-state index contributed by atoms with van der Waals surface area (Å²) in [7, 11) is -4.21. The van der Waals surface area contributed by atoms with Gasteiger partial charge in [-0.25, -0.2) is 31.4 Å². The zero-order valence-corrected chi connectivity index (χ0v) is 43.8. The Kier molecular flexibility index (Phi) is 16.0. The van der Waals surface area contributed by atoms with Crippen LogP contribution in [0.2, 0.25) is 0 Å². The number of likely N-dealkylation sites (tertiary alicyclic amines) is 1. The minimum Gasteiger partial charge on any atom is -0.497 e. The number of amides is 2. The summed E-state index contributed by atoms with van der Waals surface area (Å²) >= 11 is 1.06. The summed E-state index contributed by atoms with van der Waals surface area (Å²) in [6, 6.07) is 21.2. The molecule has 2 amide bonds. The molecule has 3 N–H and O–H groups in total. The molecule has 4 aromatic carbocycles. The van der Waals surface area contributed by atoms with E-state index in [1.165, 1.54) is 46.6 Å². The van der Waals surface area contributed by atoms with Crippen molar-refractivity contribution in [3.8, 4) is 39.1 Å². The molecule has 2 atom stereocenters. The number of rotatable bonds is 17. The number of ether oxygens (including phenoxy) is 5. The van der Waals surface area contributed by atoms with Crippen LogP contribution in [-0.4, -0.2) is 121 Å². The maximum atomic E-state index is 16.4. The fourth-order valence-corrected chi connectivity index (χ4v) is 11.3. The highest BCUT2D eigenvalue weighted by Crippen LogP contribution is 2.46. The Morgan fingerprint density at radius 1 is 0.792 bits per heavy atom. The van der Waals surface area contributed by atoms with E-state index in [1.54, 1.807) is 109 Å². The quantitative estimate of drug-likeness (QED) is 0.0841. The number of thiazole rings is 1. The topological polar surface area (TPSA) is 253 Å². The SMILES string of the molecule is COc1ccc(CN(Cc2ccc(OC)cc2)S(=O)(=O)c2c(N([C@H]3CN(C(=O)OC(C)(C)C)C[C@@H]3NC(=O)OC(C)(C)C)[SH](=O)=O)ccc(-c3cnc(N)s3)c2-c2nnn(Cc3ccc(OC)cc3)n2)cc1. The Morgan fingerprint density at radius 3 is 1.82 bits per heavy atom. The molecule has 2 aromatic heterocycles.